The van der Waals surface area contributed by atoms with Crippen LogP contribution in [-0.4, -0.2) is 42.0 Å². The van der Waals surface area contributed by atoms with Crippen molar-refractivity contribution in [3.63, 3.8) is 0 Å². The van der Waals surface area contributed by atoms with E-state index in [9.17, 15) is 4.79 Å². The summed E-state index contributed by atoms with van der Waals surface area (Å²) in [6, 6.07) is 8.80. The number of hydrogen-bond acceptors (Lipinski definition) is 3. The number of nitrogens with one attached hydrogen (secondary N) is 1. The molecule has 1 spiro atoms. The van der Waals surface area contributed by atoms with Gasteiger partial charge < -0.3 is 15.1 Å². The third kappa shape index (κ3) is 2.85. The van der Waals surface area contributed by atoms with E-state index in [1.165, 1.54) is 12.8 Å². The fourth-order valence-electron chi connectivity index (χ4n) is 4.09. The molecule has 0 aromatic heterocycles. The molecule has 23 heavy (non-hydrogen) atoms. The SMILES string of the molecule is CCC[C@H](C)N1CCC2(CC1)Nc1ccccc1N(CC)C2=O. The molecule has 126 valence electrons. The van der Waals surface area contributed by atoms with Gasteiger partial charge in [-0.15, -0.1) is 0 Å². The number of benzene rings is 1. The van der Waals surface area contributed by atoms with Crippen molar-refractivity contribution < 1.29 is 4.79 Å². The monoisotopic (exact) mass is 315 g/mol. The van der Waals surface area contributed by atoms with Crippen molar-refractivity contribution in [2.75, 3.05) is 29.9 Å². The molecule has 4 nitrogen and oxygen atoms in total. The van der Waals surface area contributed by atoms with E-state index in [0.717, 1.165) is 43.9 Å². The van der Waals surface area contributed by atoms with E-state index in [4.69, 9.17) is 0 Å². The number of carbonyl (C=O) groups is 1. The largest absolute Gasteiger partial charge is 0.369 e. The molecule has 1 aromatic carbocycles. The first kappa shape index (κ1) is 16.3. The van der Waals surface area contributed by atoms with E-state index >= 15 is 0 Å². The van der Waals surface area contributed by atoms with E-state index in [1.807, 2.05) is 23.1 Å². The van der Waals surface area contributed by atoms with Crippen molar-refractivity contribution in [3.8, 4) is 0 Å². The summed E-state index contributed by atoms with van der Waals surface area (Å²) in [4.78, 5) is 17.6. The summed E-state index contributed by atoms with van der Waals surface area (Å²) in [7, 11) is 0. The van der Waals surface area contributed by atoms with Gasteiger partial charge in [0.2, 0.25) is 0 Å². The number of carbonyl (C=O) groups excluding carboxylic acids is 1. The lowest BCUT2D eigenvalue weighted by Crippen LogP contribution is -2.62. The number of anilines is 2. The zero-order valence-electron chi connectivity index (χ0n) is 14.6. The van der Waals surface area contributed by atoms with Crippen LogP contribution in [-0.2, 0) is 4.79 Å². The number of likely N-dealkylation sites (tertiary alicyclic amines) is 1. The van der Waals surface area contributed by atoms with E-state index in [2.05, 4.69) is 37.1 Å². The molecule has 2 aliphatic rings. The summed E-state index contributed by atoms with van der Waals surface area (Å²) in [5, 5.41) is 3.60. The van der Waals surface area contributed by atoms with Crippen molar-refractivity contribution in [3.05, 3.63) is 24.3 Å². The standard InChI is InChI=1S/C19H29N3O/c1-4-8-15(3)21-13-11-19(12-14-21)18(23)22(5-2)17-10-7-6-9-16(17)20-19/h6-7,9-10,15,20H,4-5,8,11-14H2,1-3H3/t15-/m0/s1. The minimum absolute atomic E-state index is 0.251. The van der Waals surface area contributed by atoms with Gasteiger partial charge in [0.25, 0.3) is 5.91 Å². The first-order valence-electron chi connectivity index (χ1n) is 9.04. The molecule has 2 heterocycles. The summed E-state index contributed by atoms with van der Waals surface area (Å²) in [6.45, 7) is 9.34. The smallest absolute Gasteiger partial charge is 0.252 e. The Morgan fingerprint density at radius 2 is 1.91 bits per heavy atom. The molecule has 1 atom stereocenters. The second-order valence-corrected chi connectivity index (χ2v) is 6.95. The molecule has 0 bridgehead atoms. The molecular formula is C19H29N3O. The van der Waals surface area contributed by atoms with Gasteiger partial charge >= 0.3 is 0 Å². The van der Waals surface area contributed by atoms with Gasteiger partial charge in [-0.2, -0.15) is 0 Å². The van der Waals surface area contributed by atoms with Crippen LogP contribution in [0.15, 0.2) is 24.3 Å². The second-order valence-electron chi connectivity index (χ2n) is 6.95. The van der Waals surface area contributed by atoms with Gasteiger partial charge in [0, 0.05) is 25.7 Å². The molecule has 1 saturated heterocycles. The Labute approximate surface area is 139 Å². The van der Waals surface area contributed by atoms with Crippen LogP contribution < -0.4 is 10.2 Å². The van der Waals surface area contributed by atoms with Crippen LogP contribution >= 0.6 is 0 Å². The van der Waals surface area contributed by atoms with Gasteiger partial charge in [0.05, 0.1) is 11.4 Å². The second kappa shape index (κ2) is 6.52. The van der Waals surface area contributed by atoms with E-state index in [-0.39, 0.29) is 5.91 Å². The molecule has 2 aliphatic heterocycles. The highest BCUT2D eigenvalue weighted by atomic mass is 16.2. The molecule has 0 saturated carbocycles. The fraction of sp³-hybridized carbons (Fsp3) is 0.632. The Morgan fingerprint density at radius 1 is 1.22 bits per heavy atom. The van der Waals surface area contributed by atoms with Gasteiger partial charge in [-0.25, -0.2) is 0 Å². The molecule has 1 fully saturated rings. The molecule has 3 rings (SSSR count). The average molecular weight is 315 g/mol. The summed E-state index contributed by atoms with van der Waals surface area (Å²) in [6.07, 6.45) is 4.24. The Bertz CT molecular complexity index is 563. The first-order chi connectivity index (χ1) is 11.1. The Hall–Kier alpha value is -1.55. The molecule has 1 aromatic rings. The van der Waals surface area contributed by atoms with Crippen LogP contribution in [0, 0.1) is 0 Å². The third-order valence-corrected chi connectivity index (χ3v) is 5.52. The highest BCUT2D eigenvalue weighted by Gasteiger charge is 2.47. The Balaban J connectivity index is 1.80. The summed E-state index contributed by atoms with van der Waals surface area (Å²) >= 11 is 0. The van der Waals surface area contributed by atoms with Gasteiger partial charge in [-0.3, -0.25) is 4.79 Å². The number of hydrogen-bond donors (Lipinski definition) is 1. The normalized spacial score (nSPS) is 21.9. The van der Waals surface area contributed by atoms with E-state index in [0.29, 0.717) is 6.04 Å². The predicted molar refractivity (Wildman–Crippen MR) is 96.0 cm³/mol. The number of fused-ring (bicyclic) bond motifs is 1. The summed E-state index contributed by atoms with van der Waals surface area (Å²) in [5.41, 5.74) is 1.71. The number of amides is 1. The quantitative estimate of drug-likeness (QED) is 0.924. The van der Waals surface area contributed by atoms with Crippen molar-refractivity contribution >= 4 is 17.3 Å². The van der Waals surface area contributed by atoms with Crippen LogP contribution in [0.25, 0.3) is 0 Å². The van der Waals surface area contributed by atoms with Crippen LogP contribution in [0.5, 0.6) is 0 Å². The highest BCUT2D eigenvalue weighted by Crippen LogP contribution is 2.40. The van der Waals surface area contributed by atoms with Gasteiger partial charge in [0.1, 0.15) is 5.54 Å². The Morgan fingerprint density at radius 3 is 2.57 bits per heavy atom. The van der Waals surface area contributed by atoms with Gasteiger partial charge in [0.15, 0.2) is 0 Å². The summed E-state index contributed by atoms with van der Waals surface area (Å²) in [5.74, 6) is 0.251. The van der Waals surface area contributed by atoms with E-state index < -0.39 is 5.54 Å². The van der Waals surface area contributed by atoms with Gasteiger partial charge in [-0.05, 0) is 45.2 Å². The molecule has 0 radical (unpaired) electrons. The topological polar surface area (TPSA) is 35.6 Å². The van der Waals surface area contributed by atoms with Crippen molar-refractivity contribution in [1.29, 1.82) is 0 Å². The maximum Gasteiger partial charge on any atom is 0.252 e. The lowest BCUT2D eigenvalue weighted by Gasteiger charge is -2.48. The molecule has 4 heteroatoms. The molecule has 0 unspecified atom stereocenters. The summed E-state index contributed by atoms with van der Waals surface area (Å²) < 4.78 is 0. The number of likely N-dealkylation sites (N-methyl/N-ethyl adjacent to an activating group) is 1. The van der Waals surface area contributed by atoms with Crippen LogP contribution in [0.1, 0.15) is 46.5 Å². The predicted octanol–water partition coefficient (Wildman–Crippen LogP) is 3.49. The lowest BCUT2D eigenvalue weighted by atomic mass is 9.83. The zero-order chi connectivity index (χ0) is 16.4. The number of piperidine rings is 1. The van der Waals surface area contributed by atoms with Crippen molar-refractivity contribution in [1.82, 2.24) is 4.90 Å². The first-order valence-corrected chi connectivity index (χ1v) is 9.04. The Kier molecular flexibility index (Phi) is 4.62. The van der Waals surface area contributed by atoms with Crippen LogP contribution in [0.2, 0.25) is 0 Å². The number of nitrogens with zero attached hydrogens (tertiary/aromatic N) is 2. The van der Waals surface area contributed by atoms with Crippen LogP contribution in [0.4, 0.5) is 11.4 Å². The average Bonchev–Trinajstić information content (AvgIpc) is 2.57. The number of para-hydroxylation sites is 2. The maximum absolute atomic E-state index is 13.1. The van der Waals surface area contributed by atoms with Crippen molar-refractivity contribution in [2.24, 2.45) is 0 Å². The lowest BCUT2D eigenvalue weighted by molar-refractivity contribution is -0.125. The van der Waals surface area contributed by atoms with Crippen molar-refractivity contribution in [2.45, 2.75) is 58.0 Å². The van der Waals surface area contributed by atoms with Crippen LogP contribution in [0.3, 0.4) is 0 Å². The zero-order valence-corrected chi connectivity index (χ0v) is 14.6. The highest BCUT2D eigenvalue weighted by molar-refractivity contribution is 6.07. The molecule has 1 N–H and O–H groups in total. The van der Waals surface area contributed by atoms with Gasteiger partial charge in [-0.1, -0.05) is 25.5 Å². The van der Waals surface area contributed by atoms with E-state index in [1.54, 1.807) is 0 Å². The fourth-order valence-corrected chi connectivity index (χ4v) is 4.09. The molecular weight excluding hydrogens is 286 g/mol. The molecule has 1 amide bonds. The maximum atomic E-state index is 13.1. The minimum Gasteiger partial charge on any atom is -0.369 e. The molecule has 0 aliphatic carbocycles. The third-order valence-electron chi connectivity index (χ3n) is 5.52. The number of rotatable bonds is 4. The minimum atomic E-state index is -0.410.